The summed E-state index contributed by atoms with van der Waals surface area (Å²) in [5.41, 5.74) is 0.721. The zero-order chi connectivity index (χ0) is 24.3. The number of rotatable bonds is 5. The molecule has 7 nitrogen and oxygen atoms in total. The fourth-order valence-electron chi connectivity index (χ4n) is 3.40. The van der Waals surface area contributed by atoms with E-state index in [0.29, 0.717) is 22.3 Å². The summed E-state index contributed by atoms with van der Waals surface area (Å²) in [6.45, 7) is 10.5. The van der Waals surface area contributed by atoms with Crippen molar-refractivity contribution in [3.63, 3.8) is 0 Å². The topological polar surface area (TPSA) is 94.8 Å². The number of carbonyl (C=O) groups excluding carboxylic acids is 2. The third-order valence-electron chi connectivity index (χ3n) is 4.91. The number of fused-ring (bicyclic) bond motifs is 1. The van der Waals surface area contributed by atoms with Crippen LogP contribution in [0.15, 0.2) is 57.7 Å². The minimum Gasteiger partial charge on any atom is -0.460 e. The standard InChI is InChI=1S/C26H29NO6/c1-15(2)22(27-25(30)33-26(4,5)6)24(29)32-18-12-13-19-20(14-18)31-16(3)21(23(19)28)17-10-8-7-9-11-17/h7-15,22H,1-6H3,(H,27,30). The average Bonchev–Trinajstić information content (AvgIpc) is 2.71. The van der Waals surface area contributed by atoms with Crippen LogP contribution < -0.4 is 15.5 Å². The summed E-state index contributed by atoms with van der Waals surface area (Å²) in [5.74, 6) is -0.206. The lowest BCUT2D eigenvalue weighted by atomic mass is 10.0. The van der Waals surface area contributed by atoms with Gasteiger partial charge in [0.1, 0.15) is 28.7 Å². The zero-order valence-electron chi connectivity index (χ0n) is 19.7. The van der Waals surface area contributed by atoms with Crippen molar-refractivity contribution in [1.29, 1.82) is 0 Å². The van der Waals surface area contributed by atoms with Crippen molar-refractivity contribution in [1.82, 2.24) is 5.32 Å². The Kier molecular flexibility index (Phi) is 6.91. The van der Waals surface area contributed by atoms with Gasteiger partial charge in [0.15, 0.2) is 0 Å². The Morgan fingerprint density at radius 1 is 1.03 bits per heavy atom. The summed E-state index contributed by atoms with van der Waals surface area (Å²) < 4.78 is 16.6. The van der Waals surface area contributed by atoms with E-state index >= 15 is 0 Å². The Labute approximate surface area is 192 Å². The lowest BCUT2D eigenvalue weighted by Crippen LogP contribution is -2.48. The van der Waals surface area contributed by atoms with E-state index < -0.39 is 23.7 Å². The second-order valence-corrected chi connectivity index (χ2v) is 9.18. The number of carbonyl (C=O) groups is 2. The van der Waals surface area contributed by atoms with Crippen LogP contribution >= 0.6 is 0 Å². The summed E-state index contributed by atoms with van der Waals surface area (Å²) in [6, 6.07) is 13.0. The molecule has 0 aliphatic heterocycles. The minimum absolute atomic E-state index is 0.163. The molecule has 2 aromatic carbocycles. The van der Waals surface area contributed by atoms with Crippen LogP contribution in [0.5, 0.6) is 5.75 Å². The Balaban J connectivity index is 1.86. The molecule has 1 aromatic heterocycles. The van der Waals surface area contributed by atoms with E-state index in [1.807, 2.05) is 30.3 Å². The number of benzene rings is 2. The molecule has 1 unspecified atom stereocenters. The molecule has 0 spiro atoms. The highest BCUT2D eigenvalue weighted by molar-refractivity contribution is 5.86. The summed E-state index contributed by atoms with van der Waals surface area (Å²) in [4.78, 5) is 38.0. The summed E-state index contributed by atoms with van der Waals surface area (Å²) in [5, 5.41) is 2.95. The smallest absolute Gasteiger partial charge is 0.408 e. The molecule has 0 aliphatic rings. The molecular weight excluding hydrogens is 422 g/mol. The first-order chi connectivity index (χ1) is 15.5. The van der Waals surface area contributed by atoms with E-state index in [0.717, 1.165) is 5.56 Å². The van der Waals surface area contributed by atoms with E-state index in [1.54, 1.807) is 47.6 Å². The predicted octanol–water partition coefficient (Wildman–Crippen LogP) is 5.22. The van der Waals surface area contributed by atoms with Crippen molar-refractivity contribution in [2.45, 2.75) is 53.2 Å². The van der Waals surface area contributed by atoms with Gasteiger partial charge in [0.2, 0.25) is 5.43 Å². The van der Waals surface area contributed by atoms with Crippen molar-refractivity contribution < 1.29 is 23.5 Å². The van der Waals surface area contributed by atoms with Gasteiger partial charge in [-0.2, -0.15) is 0 Å². The fraction of sp³-hybridized carbons (Fsp3) is 0.346. The van der Waals surface area contributed by atoms with Gasteiger partial charge in [0.25, 0.3) is 0 Å². The maximum absolute atomic E-state index is 13.1. The van der Waals surface area contributed by atoms with Crippen molar-refractivity contribution in [3.05, 3.63) is 64.5 Å². The number of hydrogen-bond donors (Lipinski definition) is 1. The second-order valence-electron chi connectivity index (χ2n) is 9.18. The zero-order valence-corrected chi connectivity index (χ0v) is 19.7. The maximum atomic E-state index is 13.1. The van der Waals surface area contributed by atoms with Gasteiger partial charge >= 0.3 is 12.1 Å². The SMILES string of the molecule is Cc1oc2cc(OC(=O)C(NC(=O)OC(C)(C)C)C(C)C)ccc2c(=O)c1-c1ccccc1. The van der Waals surface area contributed by atoms with Gasteiger partial charge < -0.3 is 19.2 Å². The largest absolute Gasteiger partial charge is 0.460 e. The Morgan fingerprint density at radius 3 is 2.30 bits per heavy atom. The molecule has 174 valence electrons. The highest BCUT2D eigenvalue weighted by Crippen LogP contribution is 2.26. The highest BCUT2D eigenvalue weighted by Gasteiger charge is 2.29. The molecule has 0 saturated carbocycles. The Hall–Kier alpha value is -3.61. The molecule has 0 fully saturated rings. The third kappa shape index (κ3) is 5.80. The molecule has 1 amide bonds. The minimum atomic E-state index is -0.912. The van der Waals surface area contributed by atoms with Crippen LogP contribution in [0.4, 0.5) is 4.79 Å². The molecule has 7 heteroatoms. The number of amides is 1. The molecule has 1 atom stereocenters. The average molecular weight is 452 g/mol. The van der Waals surface area contributed by atoms with Crippen LogP contribution in [0.1, 0.15) is 40.4 Å². The van der Waals surface area contributed by atoms with Crippen molar-refractivity contribution in [2.24, 2.45) is 5.92 Å². The van der Waals surface area contributed by atoms with E-state index in [1.165, 1.54) is 12.1 Å². The van der Waals surface area contributed by atoms with E-state index in [2.05, 4.69) is 5.32 Å². The summed E-state index contributed by atoms with van der Waals surface area (Å²) in [6.07, 6.45) is -0.702. The Morgan fingerprint density at radius 2 is 1.70 bits per heavy atom. The maximum Gasteiger partial charge on any atom is 0.408 e. The van der Waals surface area contributed by atoms with Crippen molar-refractivity contribution >= 4 is 23.0 Å². The van der Waals surface area contributed by atoms with Crippen molar-refractivity contribution in [2.75, 3.05) is 0 Å². The molecule has 0 aliphatic carbocycles. The van der Waals surface area contributed by atoms with Gasteiger partial charge in [-0.1, -0.05) is 44.2 Å². The molecular formula is C26H29NO6. The monoisotopic (exact) mass is 451 g/mol. The molecule has 1 heterocycles. The number of esters is 1. The number of hydrogen-bond acceptors (Lipinski definition) is 6. The van der Waals surface area contributed by atoms with Crippen LogP contribution in [0.3, 0.4) is 0 Å². The van der Waals surface area contributed by atoms with Gasteiger partial charge in [-0.3, -0.25) is 4.79 Å². The van der Waals surface area contributed by atoms with Crippen molar-refractivity contribution in [3.8, 4) is 16.9 Å². The van der Waals surface area contributed by atoms with Crippen LogP contribution in [-0.4, -0.2) is 23.7 Å². The summed E-state index contributed by atoms with van der Waals surface area (Å²) >= 11 is 0. The molecule has 0 radical (unpaired) electrons. The van der Waals surface area contributed by atoms with Gasteiger partial charge in [-0.05, 0) is 51.3 Å². The van der Waals surface area contributed by atoms with Gasteiger partial charge in [0.05, 0.1) is 10.9 Å². The summed E-state index contributed by atoms with van der Waals surface area (Å²) in [7, 11) is 0. The predicted molar refractivity (Wildman–Crippen MR) is 126 cm³/mol. The van der Waals surface area contributed by atoms with Crippen LogP contribution in [-0.2, 0) is 9.53 Å². The normalized spacial score (nSPS) is 12.5. The van der Waals surface area contributed by atoms with Gasteiger partial charge in [0, 0.05) is 6.07 Å². The third-order valence-corrected chi connectivity index (χ3v) is 4.91. The van der Waals surface area contributed by atoms with Gasteiger partial charge in [-0.15, -0.1) is 0 Å². The molecule has 0 saturated heterocycles. The lowest BCUT2D eigenvalue weighted by molar-refractivity contribution is -0.137. The molecule has 0 bridgehead atoms. The molecule has 3 aromatic rings. The van der Waals surface area contributed by atoms with Gasteiger partial charge in [-0.25, -0.2) is 9.59 Å². The number of alkyl carbamates (subject to hydrolysis) is 1. The second kappa shape index (κ2) is 9.48. The highest BCUT2D eigenvalue weighted by atomic mass is 16.6. The van der Waals surface area contributed by atoms with Crippen LogP contribution in [0.25, 0.3) is 22.1 Å². The quantitative estimate of drug-likeness (QED) is 0.422. The Bertz CT molecular complexity index is 1220. The fourth-order valence-corrected chi connectivity index (χ4v) is 3.40. The molecule has 3 rings (SSSR count). The number of nitrogens with one attached hydrogen (secondary N) is 1. The number of aryl methyl sites for hydroxylation is 1. The van der Waals surface area contributed by atoms with Crippen LogP contribution in [0.2, 0.25) is 0 Å². The van der Waals surface area contributed by atoms with E-state index in [-0.39, 0.29) is 17.1 Å². The first-order valence-electron chi connectivity index (χ1n) is 10.8. The molecule has 1 N–H and O–H groups in total. The molecule has 33 heavy (non-hydrogen) atoms. The first-order valence-corrected chi connectivity index (χ1v) is 10.8. The lowest BCUT2D eigenvalue weighted by Gasteiger charge is -2.24. The van der Waals surface area contributed by atoms with E-state index in [4.69, 9.17) is 13.9 Å². The number of ether oxygens (including phenoxy) is 2. The van der Waals surface area contributed by atoms with E-state index in [9.17, 15) is 14.4 Å². The van der Waals surface area contributed by atoms with Crippen LogP contribution in [0, 0.1) is 12.8 Å². The first kappa shape index (κ1) is 24.0.